The fraction of sp³-hybridized carbons (Fsp3) is 0.0612. The summed E-state index contributed by atoms with van der Waals surface area (Å²) in [6.07, 6.45) is 18.1. The highest BCUT2D eigenvalue weighted by Crippen LogP contribution is 2.40. The summed E-state index contributed by atoms with van der Waals surface area (Å²) >= 11 is 0. The smallest absolute Gasteiger partial charge is 0.0560 e. The van der Waals surface area contributed by atoms with Gasteiger partial charge in [-0.15, -0.1) is 0 Å². The zero-order valence-corrected chi connectivity index (χ0v) is 28.7. The third-order valence-electron chi connectivity index (χ3n) is 10.3. The van der Waals surface area contributed by atoms with Crippen LogP contribution < -0.4 is 0 Å². The molecule has 0 fully saturated rings. The fourth-order valence-electron chi connectivity index (χ4n) is 7.96. The van der Waals surface area contributed by atoms with E-state index in [-0.39, 0.29) is 0 Å². The lowest BCUT2D eigenvalue weighted by Crippen LogP contribution is -2.06. The Morgan fingerprint density at radius 1 is 0.608 bits per heavy atom. The number of para-hydroxylation sites is 2. The molecule has 51 heavy (non-hydrogen) atoms. The second-order valence-electron chi connectivity index (χ2n) is 13.3. The van der Waals surface area contributed by atoms with Crippen LogP contribution in [0.5, 0.6) is 0 Å². The lowest BCUT2D eigenvalue weighted by molar-refractivity contribution is 0.648. The summed E-state index contributed by atoms with van der Waals surface area (Å²) in [5.74, 6) is 0. The normalized spacial score (nSPS) is 14.8. The van der Waals surface area contributed by atoms with Gasteiger partial charge in [0.2, 0.25) is 0 Å². The van der Waals surface area contributed by atoms with Crippen molar-refractivity contribution in [3.05, 3.63) is 194 Å². The number of rotatable bonds is 7. The molecule has 9 rings (SSSR count). The zero-order valence-electron chi connectivity index (χ0n) is 28.7. The molecule has 1 unspecified atom stereocenters. The van der Waals surface area contributed by atoms with E-state index in [0.29, 0.717) is 6.04 Å². The Kier molecular flexibility index (Phi) is 7.71. The largest absolute Gasteiger partial charge is 0.333 e. The fourth-order valence-corrected chi connectivity index (χ4v) is 7.96. The predicted octanol–water partition coefficient (Wildman–Crippen LogP) is 13.4. The monoisotopic (exact) mass is 654 g/mol. The van der Waals surface area contributed by atoms with Gasteiger partial charge in [-0.3, -0.25) is 0 Å². The van der Waals surface area contributed by atoms with Gasteiger partial charge in [0.1, 0.15) is 0 Å². The molecule has 244 valence electrons. The maximum atomic E-state index is 3.91. The standard InChI is InChI=1S/C49H38N2/c1-3-5-16-34(4-2)38-29-39(35-17-8-6-9-18-35)31-41(30-38)51-47-24-15-13-22-43(47)45-33-37(26-28-49(45)51)36-25-27-48-44(32-36)42-21-12-14-23-46(42)50(48)40-19-10-7-11-20-40/h3-19,21-33,40H,1,20H2,2H3. The van der Waals surface area contributed by atoms with Crippen LogP contribution in [0.15, 0.2) is 189 Å². The van der Waals surface area contributed by atoms with Crippen molar-refractivity contribution < 1.29 is 0 Å². The maximum absolute atomic E-state index is 3.91. The average molecular weight is 655 g/mol. The van der Waals surface area contributed by atoms with E-state index in [1.807, 2.05) is 12.2 Å². The number of benzene rings is 6. The summed E-state index contributed by atoms with van der Waals surface area (Å²) in [5.41, 5.74) is 13.2. The van der Waals surface area contributed by atoms with Gasteiger partial charge in [-0.05, 0) is 101 Å². The summed E-state index contributed by atoms with van der Waals surface area (Å²) in [6, 6.07) is 49.5. The molecule has 2 heterocycles. The molecule has 0 N–H and O–H groups in total. The summed E-state index contributed by atoms with van der Waals surface area (Å²) in [6.45, 7) is 6.00. The van der Waals surface area contributed by atoms with Crippen LogP contribution >= 0.6 is 0 Å². The van der Waals surface area contributed by atoms with Gasteiger partial charge < -0.3 is 9.13 Å². The molecule has 1 aliphatic rings. The van der Waals surface area contributed by atoms with E-state index < -0.39 is 0 Å². The quantitative estimate of drug-likeness (QED) is 0.151. The van der Waals surface area contributed by atoms with Crippen LogP contribution in [0, 0.1) is 0 Å². The summed E-state index contributed by atoms with van der Waals surface area (Å²) < 4.78 is 4.94. The zero-order chi connectivity index (χ0) is 34.3. The minimum absolute atomic E-state index is 0.313. The molecule has 0 bridgehead atoms. The highest BCUT2D eigenvalue weighted by Gasteiger charge is 2.19. The van der Waals surface area contributed by atoms with Gasteiger partial charge in [0, 0.05) is 38.3 Å². The highest BCUT2D eigenvalue weighted by atomic mass is 15.0. The van der Waals surface area contributed by atoms with Crippen molar-refractivity contribution in [2.45, 2.75) is 19.4 Å². The minimum Gasteiger partial charge on any atom is -0.333 e. The van der Waals surface area contributed by atoms with E-state index >= 15 is 0 Å². The van der Waals surface area contributed by atoms with Gasteiger partial charge in [-0.1, -0.05) is 134 Å². The van der Waals surface area contributed by atoms with Crippen molar-refractivity contribution in [2.24, 2.45) is 0 Å². The number of hydrogen-bond donors (Lipinski definition) is 0. The van der Waals surface area contributed by atoms with Crippen LogP contribution in [0.1, 0.15) is 24.9 Å². The second-order valence-corrected chi connectivity index (χ2v) is 13.3. The maximum Gasteiger partial charge on any atom is 0.0560 e. The molecule has 0 aliphatic heterocycles. The average Bonchev–Trinajstić information content (AvgIpc) is 3.71. The Hall–Kier alpha value is -6.38. The van der Waals surface area contributed by atoms with Crippen molar-refractivity contribution >= 4 is 49.2 Å². The first-order valence-electron chi connectivity index (χ1n) is 17.8. The van der Waals surface area contributed by atoms with E-state index in [0.717, 1.165) is 17.7 Å². The van der Waals surface area contributed by atoms with E-state index in [2.05, 4.69) is 193 Å². The van der Waals surface area contributed by atoms with Crippen molar-refractivity contribution in [3.8, 4) is 27.9 Å². The van der Waals surface area contributed by atoms with Crippen molar-refractivity contribution in [1.29, 1.82) is 0 Å². The molecule has 1 aliphatic carbocycles. The van der Waals surface area contributed by atoms with Crippen LogP contribution in [-0.4, -0.2) is 9.13 Å². The van der Waals surface area contributed by atoms with Gasteiger partial charge in [-0.2, -0.15) is 0 Å². The van der Waals surface area contributed by atoms with Crippen molar-refractivity contribution in [1.82, 2.24) is 9.13 Å². The number of aromatic nitrogens is 2. The topological polar surface area (TPSA) is 9.86 Å². The number of nitrogens with zero attached hydrogens (tertiary/aromatic N) is 2. The van der Waals surface area contributed by atoms with E-state index in [4.69, 9.17) is 0 Å². The molecule has 2 nitrogen and oxygen atoms in total. The van der Waals surface area contributed by atoms with Gasteiger partial charge >= 0.3 is 0 Å². The van der Waals surface area contributed by atoms with Gasteiger partial charge in [-0.25, -0.2) is 0 Å². The summed E-state index contributed by atoms with van der Waals surface area (Å²) in [7, 11) is 0. The highest BCUT2D eigenvalue weighted by molar-refractivity contribution is 6.12. The van der Waals surface area contributed by atoms with Crippen LogP contribution in [0.3, 0.4) is 0 Å². The Morgan fingerprint density at radius 3 is 1.98 bits per heavy atom. The summed E-state index contributed by atoms with van der Waals surface area (Å²) in [5, 5.41) is 5.08. The molecule has 1 atom stereocenters. The number of hydrogen-bond acceptors (Lipinski definition) is 0. The SMILES string of the molecule is C=CC=CC(=CC)c1cc(-c2ccccc2)cc(-n2c3ccccc3c3cc(-c4ccc5c(c4)c4ccccc4n5C4C=CC=CC4)ccc32)c1. The molecule has 0 radical (unpaired) electrons. The number of allylic oxidation sites excluding steroid dienone is 9. The molecule has 0 saturated carbocycles. The molecule has 6 aromatic carbocycles. The molecule has 0 spiro atoms. The van der Waals surface area contributed by atoms with E-state index in [9.17, 15) is 0 Å². The molecular weight excluding hydrogens is 617 g/mol. The van der Waals surface area contributed by atoms with Gasteiger partial charge in [0.25, 0.3) is 0 Å². The molecule has 2 heteroatoms. The molecular formula is C49H38N2. The number of fused-ring (bicyclic) bond motifs is 6. The molecule has 2 aromatic heterocycles. The second kappa shape index (κ2) is 12.8. The Balaban J connectivity index is 1.23. The van der Waals surface area contributed by atoms with Crippen LogP contribution in [0.25, 0.3) is 77.1 Å². The van der Waals surface area contributed by atoms with Gasteiger partial charge in [0.15, 0.2) is 0 Å². The first kappa shape index (κ1) is 30.7. The van der Waals surface area contributed by atoms with Gasteiger partial charge in [0.05, 0.1) is 17.1 Å². The Morgan fingerprint density at radius 2 is 1.25 bits per heavy atom. The Bertz CT molecular complexity index is 2740. The summed E-state index contributed by atoms with van der Waals surface area (Å²) in [4.78, 5) is 0. The Labute approximate surface area is 298 Å². The lowest BCUT2D eigenvalue weighted by Gasteiger charge is -2.18. The minimum atomic E-state index is 0.313. The van der Waals surface area contributed by atoms with Crippen LogP contribution in [-0.2, 0) is 0 Å². The molecule has 0 amide bonds. The predicted molar refractivity (Wildman–Crippen MR) is 220 cm³/mol. The third-order valence-corrected chi connectivity index (χ3v) is 10.3. The van der Waals surface area contributed by atoms with E-state index in [1.165, 1.54) is 71.4 Å². The van der Waals surface area contributed by atoms with E-state index in [1.54, 1.807) is 0 Å². The van der Waals surface area contributed by atoms with Crippen molar-refractivity contribution in [2.75, 3.05) is 0 Å². The lowest BCUT2D eigenvalue weighted by atomic mass is 9.97. The molecule has 0 saturated heterocycles. The van der Waals surface area contributed by atoms with Crippen molar-refractivity contribution in [3.63, 3.8) is 0 Å². The van der Waals surface area contributed by atoms with Crippen LogP contribution in [0.4, 0.5) is 0 Å². The third kappa shape index (κ3) is 5.28. The molecule has 8 aromatic rings. The van der Waals surface area contributed by atoms with Crippen LogP contribution in [0.2, 0.25) is 0 Å². The first-order chi connectivity index (χ1) is 25.2. The first-order valence-corrected chi connectivity index (χ1v) is 17.8.